The van der Waals surface area contributed by atoms with Crippen molar-refractivity contribution in [2.45, 2.75) is 11.1 Å². The van der Waals surface area contributed by atoms with E-state index in [2.05, 4.69) is 15.4 Å². The van der Waals surface area contributed by atoms with Crippen LogP contribution >= 0.6 is 34.7 Å². The van der Waals surface area contributed by atoms with Crippen molar-refractivity contribution in [3.8, 4) is 17.1 Å². The summed E-state index contributed by atoms with van der Waals surface area (Å²) in [5, 5.41) is 8.17. The lowest BCUT2D eigenvalue weighted by molar-refractivity contribution is -0.115. The number of aromatic nitrogens is 3. The Balaban J connectivity index is 1.63. The Bertz CT molecular complexity index is 1250. The summed E-state index contributed by atoms with van der Waals surface area (Å²) >= 11 is 8.69. The molecule has 1 aromatic carbocycles. The zero-order chi connectivity index (χ0) is 22.0. The highest BCUT2D eigenvalue weighted by Gasteiger charge is 2.20. The van der Waals surface area contributed by atoms with E-state index < -0.39 is 11.8 Å². The number of amides is 2. The third kappa shape index (κ3) is 4.82. The van der Waals surface area contributed by atoms with Gasteiger partial charge in [-0.05, 0) is 37.3 Å². The summed E-state index contributed by atoms with van der Waals surface area (Å²) in [6.45, 7) is 1.80. The number of primary amides is 1. The third-order valence-electron chi connectivity index (χ3n) is 4.09. The molecule has 8 nitrogen and oxygen atoms in total. The molecule has 3 N–H and O–H groups in total. The summed E-state index contributed by atoms with van der Waals surface area (Å²) in [6, 6.07) is 12.3. The number of benzene rings is 1. The van der Waals surface area contributed by atoms with Gasteiger partial charge >= 0.3 is 0 Å². The quantitative estimate of drug-likeness (QED) is 0.385. The van der Waals surface area contributed by atoms with Gasteiger partial charge in [-0.1, -0.05) is 29.0 Å². The number of rotatable bonds is 7. The Hall–Kier alpha value is -3.08. The number of carbonyl (C=O) groups is 2. The van der Waals surface area contributed by atoms with Crippen molar-refractivity contribution < 1.29 is 14.0 Å². The first-order chi connectivity index (χ1) is 14.9. The van der Waals surface area contributed by atoms with Crippen LogP contribution in [0.15, 0.2) is 57.4 Å². The Morgan fingerprint density at radius 3 is 2.84 bits per heavy atom. The third-order valence-corrected chi connectivity index (χ3v) is 6.78. The molecule has 4 aromatic rings. The maximum atomic E-state index is 12.9. The van der Waals surface area contributed by atoms with Gasteiger partial charge in [0.1, 0.15) is 5.69 Å². The number of nitrogens with two attached hydrogens (primary N) is 1. The molecular formula is C20H16ClN5O3S2. The molecule has 0 unspecified atom stereocenters. The fraction of sp³-hybridized carbons (Fsp3) is 0.100. The molecule has 0 aliphatic carbocycles. The zero-order valence-corrected chi connectivity index (χ0v) is 18.6. The molecule has 0 atom stereocenters. The number of hydrogen-bond donors (Lipinski definition) is 2. The highest BCUT2D eigenvalue weighted by molar-refractivity contribution is 8.01. The molecule has 158 valence electrons. The first kappa shape index (κ1) is 21.2. The molecule has 0 fully saturated rings. The van der Waals surface area contributed by atoms with Gasteiger partial charge in [0.25, 0.3) is 5.91 Å². The van der Waals surface area contributed by atoms with Crippen LogP contribution in [-0.2, 0) is 4.79 Å². The van der Waals surface area contributed by atoms with E-state index in [4.69, 9.17) is 21.8 Å². The van der Waals surface area contributed by atoms with Gasteiger partial charge in [-0.2, -0.15) is 5.10 Å². The van der Waals surface area contributed by atoms with Gasteiger partial charge in [0.2, 0.25) is 5.91 Å². The number of nitrogens with zero attached hydrogens (tertiary/aromatic N) is 3. The van der Waals surface area contributed by atoms with Crippen molar-refractivity contribution in [1.29, 1.82) is 0 Å². The molecule has 0 saturated heterocycles. The molecular weight excluding hydrogens is 458 g/mol. The van der Waals surface area contributed by atoms with Crippen LogP contribution in [0.25, 0.3) is 17.1 Å². The van der Waals surface area contributed by atoms with Gasteiger partial charge in [-0.15, -0.1) is 11.8 Å². The molecule has 11 heteroatoms. The van der Waals surface area contributed by atoms with Crippen molar-refractivity contribution in [2.75, 3.05) is 11.1 Å². The maximum absolute atomic E-state index is 12.9. The molecule has 0 saturated carbocycles. The van der Waals surface area contributed by atoms with E-state index in [1.807, 2.05) is 6.07 Å². The minimum absolute atomic E-state index is 0.146. The SMILES string of the molecule is Cc1nc(NC(=O)c2cc(-c3ccco3)n(-c3cccc(Cl)c3)n2)sc1SCC(N)=O. The predicted molar refractivity (Wildman–Crippen MR) is 121 cm³/mol. The number of aryl methyl sites for hydroxylation is 1. The number of thioether (sulfide) groups is 1. The topological polar surface area (TPSA) is 116 Å². The number of anilines is 1. The van der Waals surface area contributed by atoms with Gasteiger partial charge < -0.3 is 10.2 Å². The van der Waals surface area contributed by atoms with Crippen LogP contribution in [0.5, 0.6) is 0 Å². The van der Waals surface area contributed by atoms with Gasteiger partial charge in [-0.3, -0.25) is 14.9 Å². The number of halogens is 1. The van der Waals surface area contributed by atoms with Gasteiger partial charge in [-0.25, -0.2) is 9.67 Å². The van der Waals surface area contributed by atoms with Crippen LogP contribution in [-0.4, -0.2) is 32.3 Å². The normalized spacial score (nSPS) is 10.9. The Kier molecular flexibility index (Phi) is 6.12. The summed E-state index contributed by atoms with van der Waals surface area (Å²) in [5.74, 6) is -0.136. The summed E-state index contributed by atoms with van der Waals surface area (Å²) in [5.41, 5.74) is 7.39. The van der Waals surface area contributed by atoms with E-state index in [1.165, 1.54) is 23.1 Å². The van der Waals surface area contributed by atoms with Gasteiger partial charge in [0, 0.05) is 11.1 Å². The number of furan rings is 1. The molecule has 0 bridgehead atoms. The second-order valence-corrected chi connectivity index (χ2v) is 9.06. The molecule has 0 aliphatic rings. The largest absolute Gasteiger partial charge is 0.463 e. The van der Waals surface area contributed by atoms with Crippen LogP contribution in [0, 0.1) is 6.92 Å². The van der Waals surface area contributed by atoms with Crippen LogP contribution in [0.4, 0.5) is 5.13 Å². The maximum Gasteiger partial charge on any atom is 0.277 e. The van der Waals surface area contributed by atoms with E-state index in [0.717, 1.165) is 4.21 Å². The molecule has 3 aromatic heterocycles. The summed E-state index contributed by atoms with van der Waals surface area (Å²) in [4.78, 5) is 28.2. The Labute approximate surface area is 190 Å². The predicted octanol–water partition coefficient (Wildman–Crippen LogP) is 4.38. The Morgan fingerprint density at radius 1 is 1.29 bits per heavy atom. The highest BCUT2D eigenvalue weighted by atomic mass is 35.5. The minimum atomic E-state index is -0.422. The Morgan fingerprint density at radius 2 is 2.13 bits per heavy atom. The van der Waals surface area contributed by atoms with Crippen molar-refractivity contribution >= 4 is 51.6 Å². The first-order valence-electron chi connectivity index (χ1n) is 9.00. The molecule has 31 heavy (non-hydrogen) atoms. The lowest BCUT2D eigenvalue weighted by atomic mass is 10.2. The standard InChI is InChI=1S/C20H16ClN5O3S2/c1-11-19(30-10-17(22)27)31-20(23-11)24-18(28)14-9-15(16-6-3-7-29-16)26(25-14)13-5-2-4-12(21)8-13/h2-9H,10H2,1H3,(H2,22,27)(H,23,24,28). The zero-order valence-electron chi connectivity index (χ0n) is 16.2. The van der Waals surface area contributed by atoms with Crippen molar-refractivity contribution in [1.82, 2.24) is 14.8 Å². The average Bonchev–Trinajstić information content (AvgIpc) is 3.46. The summed E-state index contributed by atoms with van der Waals surface area (Å²) < 4.78 is 7.92. The summed E-state index contributed by atoms with van der Waals surface area (Å²) in [6.07, 6.45) is 1.55. The first-order valence-corrected chi connectivity index (χ1v) is 11.2. The minimum Gasteiger partial charge on any atom is -0.463 e. The van der Waals surface area contributed by atoms with Gasteiger partial charge in [0.05, 0.1) is 27.6 Å². The van der Waals surface area contributed by atoms with E-state index in [-0.39, 0.29) is 11.4 Å². The number of thiazole rings is 1. The van der Waals surface area contributed by atoms with Gasteiger partial charge in [0.15, 0.2) is 16.6 Å². The van der Waals surface area contributed by atoms with Crippen LogP contribution in [0.1, 0.15) is 16.2 Å². The number of hydrogen-bond acceptors (Lipinski definition) is 7. The average molecular weight is 474 g/mol. The number of nitrogens with one attached hydrogen (secondary N) is 1. The van der Waals surface area contributed by atoms with Crippen molar-refractivity contribution in [3.05, 3.63) is 65.1 Å². The van der Waals surface area contributed by atoms with E-state index in [1.54, 1.807) is 54.3 Å². The highest BCUT2D eigenvalue weighted by Crippen LogP contribution is 2.32. The molecule has 0 spiro atoms. The fourth-order valence-corrected chi connectivity index (χ4v) is 4.82. The van der Waals surface area contributed by atoms with E-state index in [0.29, 0.717) is 33.0 Å². The number of carbonyl (C=O) groups excluding carboxylic acids is 2. The molecule has 4 rings (SSSR count). The van der Waals surface area contributed by atoms with Crippen LogP contribution in [0.2, 0.25) is 5.02 Å². The lowest BCUT2D eigenvalue weighted by Crippen LogP contribution is -2.13. The smallest absolute Gasteiger partial charge is 0.277 e. The van der Waals surface area contributed by atoms with Crippen molar-refractivity contribution in [2.24, 2.45) is 5.73 Å². The van der Waals surface area contributed by atoms with Crippen LogP contribution in [0.3, 0.4) is 0 Å². The van der Waals surface area contributed by atoms with E-state index in [9.17, 15) is 9.59 Å². The lowest BCUT2D eigenvalue weighted by Gasteiger charge is -2.05. The van der Waals surface area contributed by atoms with Crippen molar-refractivity contribution in [3.63, 3.8) is 0 Å². The molecule has 0 radical (unpaired) electrons. The second-order valence-electron chi connectivity index (χ2n) is 6.38. The molecule has 3 heterocycles. The fourth-order valence-electron chi connectivity index (χ4n) is 2.76. The monoisotopic (exact) mass is 473 g/mol. The molecule has 0 aliphatic heterocycles. The summed E-state index contributed by atoms with van der Waals surface area (Å²) in [7, 11) is 0. The van der Waals surface area contributed by atoms with E-state index >= 15 is 0 Å². The second kappa shape index (κ2) is 8.96. The molecule has 2 amide bonds. The van der Waals surface area contributed by atoms with Crippen LogP contribution < -0.4 is 11.1 Å².